The maximum atomic E-state index is 14.1. The van der Waals surface area contributed by atoms with Crippen molar-refractivity contribution >= 4 is 17.4 Å². The molecule has 0 amide bonds. The average Bonchev–Trinajstić information content (AvgIpc) is 3.57. The molecule has 1 aromatic heterocycles. The van der Waals surface area contributed by atoms with Gasteiger partial charge in [-0.15, -0.1) is 0 Å². The van der Waals surface area contributed by atoms with Crippen molar-refractivity contribution in [2.75, 3.05) is 12.3 Å². The van der Waals surface area contributed by atoms with Crippen molar-refractivity contribution in [1.82, 2.24) is 4.98 Å². The third kappa shape index (κ3) is 5.45. The van der Waals surface area contributed by atoms with Crippen LogP contribution in [-0.2, 0) is 10.2 Å². The van der Waals surface area contributed by atoms with Crippen LogP contribution in [0.25, 0.3) is 0 Å². The summed E-state index contributed by atoms with van der Waals surface area (Å²) in [6.07, 6.45) is 6.81. The lowest BCUT2D eigenvalue weighted by atomic mass is 9.66. The molecule has 1 saturated heterocycles. The first kappa shape index (κ1) is 32.9. The van der Waals surface area contributed by atoms with E-state index in [9.17, 15) is 35.1 Å². The van der Waals surface area contributed by atoms with Crippen LogP contribution in [0.15, 0.2) is 60.0 Å². The number of ketones is 2. The van der Waals surface area contributed by atoms with Crippen LogP contribution >= 0.6 is 0 Å². The third-order valence-electron chi connectivity index (χ3n) is 11.5. The maximum absolute atomic E-state index is 14.1. The largest absolute Gasteiger partial charge is 0.511 e. The molecule has 0 bridgehead atoms. The Morgan fingerprint density at radius 3 is 2.46 bits per heavy atom. The average molecular weight is 661 g/mol. The molecule has 7 unspecified atom stereocenters. The van der Waals surface area contributed by atoms with Crippen LogP contribution in [0.5, 0.6) is 5.75 Å². The third-order valence-corrected chi connectivity index (χ3v) is 11.5. The van der Waals surface area contributed by atoms with Crippen LogP contribution in [-0.4, -0.2) is 78.9 Å². The number of Topliss-reactive ketones (excluding diaryl/α,β-unsaturated/α-hetero) is 2. The van der Waals surface area contributed by atoms with E-state index in [-0.39, 0.29) is 40.8 Å². The SMILES string of the molecule is Nc1cc(C2(CC3(O)C(O)C(CO)OC(Oc4cccc5c4C(=O)C4C(O)=CC(C6CCCCC6)=CC4C5=O)C3O)CCCC2)ccn1. The quantitative estimate of drug-likeness (QED) is 0.254. The number of hydrogen-bond acceptors (Lipinski definition) is 11. The highest BCUT2D eigenvalue weighted by Gasteiger charge is 2.59. The standard InChI is InChI=1S/C37H44N2O9/c38-28-17-22(11-14-39-28)36(12-4-5-13-36)19-37(46)33(44)27(18-40)48-35(34(37)45)47-26-10-6-9-23-30(26)32(43)29-24(31(23)42)15-21(16-25(29)41)20-7-2-1-3-8-20/h6,9-11,14-17,20,24,27,29,33-35,40-41,44-46H,1-5,7-8,12-13,18-19H2,(H2,38,39). The van der Waals surface area contributed by atoms with Crippen LogP contribution in [0.1, 0.15) is 90.5 Å². The molecule has 11 nitrogen and oxygen atoms in total. The number of ether oxygens (including phenoxy) is 2. The van der Waals surface area contributed by atoms with Gasteiger partial charge in [0.25, 0.3) is 0 Å². The maximum Gasteiger partial charge on any atom is 0.229 e. The second-order valence-corrected chi connectivity index (χ2v) is 14.3. The van der Waals surface area contributed by atoms with Crippen LogP contribution < -0.4 is 10.5 Å². The Bertz CT molecular complexity index is 1640. The van der Waals surface area contributed by atoms with E-state index in [2.05, 4.69) is 4.98 Å². The Hall–Kier alpha value is -3.61. The molecule has 11 heteroatoms. The van der Waals surface area contributed by atoms with Gasteiger partial charge >= 0.3 is 0 Å². The summed E-state index contributed by atoms with van der Waals surface area (Å²) in [6.45, 7) is -0.687. The van der Waals surface area contributed by atoms with Gasteiger partial charge < -0.3 is 40.7 Å². The van der Waals surface area contributed by atoms with Gasteiger partial charge in [0.05, 0.1) is 24.0 Å². The Morgan fingerprint density at radius 2 is 1.75 bits per heavy atom. The lowest BCUT2D eigenvalue weighted by molar-refractivity contribution is -0.318. The first-order valence-corrected chi connectivity index (χ1v) is 17.1. The van der Waals surface area contributed by atoms with Gasteiger partial charge in [-0.3, -0.25) is 9.59 Å². The molecule has 48 heavy (non-hydrogen) atoms. The fourth-order valence-electron chi connectivity index (χ4n) is 9.00. The minimum Gasteiger partial charge on any atom is -0.511 e. The monoisotopic (exact) mass is 660 g/mol. The van der Waals surface area contributed by atoms with Gasteiger partial charge in [-0.05, 0) is 78.8 Å². The van der Waals surface area contributed by atoms with E-state index in [0.29, 0.717) is 18.7 Å². The van der Waals surface area contributed by atoms with Crippen LogP contribution in [0.4, 0.5) is 5.82 Å². The lowest BCUT2D eigenvalue weighted by Gasteiger charge is -2.50. The lowest BCUT2D eigenvalue weighted by Crippen LogP contribution is -2.69. The molecule has 7 N–H and O–H groups in total. The Kier molecular flexibility index (Phi) is 8.70. The summed E-state index contributed by atoms with van der Waals surface area (Å²) in [5.74, 6) is -2.47. The van der Waals surface area contributed by atoms with E-state index < -0.39 is 59.8 Å². The minimum absolute atomic E-state index is 0.0521. The number of rotatable bonds is 7. The number of allylic oxidation sites excluding steroid dienone is 4. The van der Waals surface area contributed by atoms with Crippen LogP contribution in [0.3, 0.4) is 0 Å². The number of pyridine rings is 1. The van der Waals surface area contributed by atoms with Gasteiger partial charge in [0.1, 0.15) is 41.2 Å². The minimum atomic E-state index is -2.21. The molecule has 5 aliphatic rings. The van der Waals surface area contributed by atoms with Gasteiger partial charge in [0.2, 0.25) is 6.29 Å². The number of nitrogens with zero attached hydrogens (tertiary/aromatic N) is 1. The zero-order valence-electron chi connectivity index (χ0n) is 26.8. The highest BCUT2D eigenvalue weighted by Crippen LogP contribution is 2.50. The molecule has 2 aromatic rings. The number of nitrogen functional groups attached to an aromatic ring is 1. The van der Waals surface area contributed by atoms with Crippen LogP contribution in [0.2, 0.25) is 0 Å². The van der Waals surface area contributed by atoms with Gasteiger partial charge in [0.15, 0.2) is 11.6 Å². The molecule has 7 atom stereocenters. The van der Waals surface area contributed by atoms with Gasteiger partial charge in [-0.25, -0.2) is 4.98 Å². The summed E-state index contributed by atoms with van der Waals surface area (Å²) in [5.41, 5.74) is 4.94. The van der Waals surface area contributed by atoms with Crippen molar-refractivity contribution in [3.63, 3.8) is 0 Å². The Morgan fingerprint density at radius 1 is 1.00 bits per heavy atom. The number of aromatic nitrogens is 1. The Labute approximate surface area is 279 Å². The van der Waals surface area contributed by atoms with Crippen molar-refractivity contribution in [3.8, 4) is 5.75 Å². The molecular weight excluding hydrogens is 616 g/mol. The van der Waals surface area contributed by atoms with E-state index in [1.54, 1.807) is 30.5 Å². The summed E-state index contributed by atoms with van der Waals surface area (Å²) in [5, 5.41) is 56.6. The predicted molar refractivity (Wildman–Crippen MR) is 174 cm³/mol. The number of anilines is 1. The summed E-state index contributed by atoms with van der Waals surface area (Å²) >= 11 is 0. The molecule has 0 radical (unpaired) electrons. The number of carbonyl (C=O) groups excluding carboxylic acids is 2. The number of fused-ring (bicyclic) bond motifs is 2. The zero-order valence-corrected chi connectivity index (χ0v) is 26.8. The van der Waals surface area contributed by atoms with Gasteiger partial charge in [0, 0.05) is 11.8 Å². The molecule has 3 fully saturated rings. The summed E-state index contributed by atoms with van der Waals surface area (Å²) in [6, 6.07) is 8.11. The predicted octanol–water partition coefficient (Wildman–Crippen LogP) is 3.69. The van der Waals surface area contributed by atoms with Gasteiger partial charge in [-0.2, -0.15) is 0 Å². The van der Waals surface area contributed by atoms with E-state index >= 15 is 0 Å². The zero-order chi connectivity index (χ0) is 33.8. The fourth-order valence-corrected chi connectivity index (χ4v) is 9.00. The normalized spacial score (nSPS) is 33.4. The summed E-state index contributed by atoms with van der Waals surface area (Å²) in [4.78, 5) is 32.1. The molecule has 7 rings (SSSR count). The van der Waals surface area contributed by atoms with Crippen molar-refractivity contribution in [2.45, 2.75) is 99.8 Å². The number of carbonyl (C=O) groups is 2. The first-order valence-electron chi connectivity index (χ1n) is 17.1. The molecule has 2 heterocycles. The van der Waals surface area contributed by atoms with Crippen LogP contribution in [0, 0.1) is 17.8 Å². The molecule has 4 aliphatic carbocycles. The number of aliphatic hydroxyl groups excluding tert-OH is 4. The topological polar surface area (TPSA) is 193 Å². The molecular formula is C37H44N2O9. The summed E-state index contributed by atoms with van der Waals surface area (Å²) < 4.78 is 12.0. The number of hydrogen-bond donors (Lipinski definition) is 6. The Balaban J connectivity index is 1.20. The van der Waals surface area contributed by atoms with Crippen molar-refractivity contribution < 1.29 is 44.6 Å². The number of aliphatic hydroxyl groups is 5. The van der Waals surface area contributed by atoms with Crippen molar-refractivity contribution in [1.29, 1.82) is 0 Å². The van der Waals surface area contributed by atoms with Crippen molar-refractivity contribution in [3.05, 3.63) is 76.7 Å². The number of nitrogens with two attached hydrogens (primary N) is 1. The fraction of sp³-hybridized carbons (Fsp3) is 0.541. The van der Waals surface area contributed by atoms with Gasteiger partial charge in [-0.1, -0.05) is 50.3 Å². The first-order chi connectivity index (χ1) is 23.1. The molecule has 1 aromatic carbocycles. The smallest absolute Gasteiger partial charge is 0.229 e. The number of benzene rings is 1. The highest BCUT2D eigenvalue weighted by atomic mass is 16.7. The van der Waals surface area contributed by atoms with E-state index in [1.165, 1.54) is 6.07 Å². The molecule has 1 aliphatic heterocycles. The summed E-state index contributed by atoms with van der Waals surface area (Å²) in [7, 11) is 0. The van der Waals surface area contributed by atoms with E-state index in [0.717, 1.165) is 56.1 Å². The van der Waals surface area contributed by atoms with E-state index in [1.807, 2.05) is 12.1 Å². The van der Waals surface area contributed by atoms with Crippen molar-refractivity contribution in [2.24, 2.45) is 17.8 Å². The molecule has 0 spiro atoms. The highest BCUT2D eigenvalue weighted by molar-refractivity contribution is 6.19. The molecule has 256 valence electrons. The molecule has 2 saturated carbocycles. The van der Waals surface area contributed by atoms with E-state index in [4.69, 9.17) is 15.2 Å². The second kappa shape index (κ2) is 12.7. The second-order valence-electron chi connectivity index (χ2n) is 14.3.